The standard InChI is InChI=1S/C17H25N5O4S/c1-13-5-7-21(8-6-13)17-18-11-14(12-19-17)20-27(25,26)10-9-22-15(23)3-2-4-16(22)24/h11-13,20H,2-10H2,1H3. The molecule has 3 rings (SSSR count). The lowest BCUT2D eigenvalue weighted by Gasteiger charge is -2.30. The number of carbonyl (C=O) groups excluding carboxylic acids is 2. The summed E-state index contributed by atoms with van der Waals surface area (Å²) in [5.41, 5.74) is 0.264. The maximum absolute atomic E-state index is 12.3. The number of carbonyl (C=O) groups is 2. The molecule has 2 fully saturated rings. The van der Waals surface area contributed by atoms with E-state index in [1.165, 1.54) is 12.4 Å². The Morgan fingerprint density at radius 2 is 1.70 bits per heavy atom. The number of likely N-dealkylation sites (tertiary alicyclic amines) is 1. The summed E-state index contributed by atoms with van der Waals surface area (Å²) in [5, 5.41) is 0. The summed E-state index contributed by atoms with van der Waals surface area (Å²) in [6.07, 6.45) is 6.15. The highest BCUT2D eigenvalue weighted by Gasteiger charge is 2.27. The molecule has 10 heteroatoms. The van der Waals surface area contributed by atoms with Crippen molar-refractivity contribution in [1.82, 2.24) is 14.9 Å². The molecule has 0 radical (unpaired) electrons. The van der Waals surface area contributed by atoms with Gasteiger partial charge in [0.25, 0.3) is 0 Å². The van der Waals surface area contributed by atoms with E-state index in [4.69, 9.17) is 0 Å². The number of nitrogens with zero attached hydrogens (tertiary/aromatic N) is 4. The van der Waals surface area contributed by atoms with Crippen LogP contribution in [-0.2, 0) is 19.6 Å². The molecule has 3 heterocycles. The Morgan fingerprint density at radius 3 is 2.30 bits per heavy atom. The number of hydrogen-bond donors (Lipinski definition) is 1. The first kappa shape index (κ1) is 19.5. The van der Waals surface area contributed by atoms with Gasteiger partial charge >= 0.3 is 0 Å². The van der Waals surface area contributed by atoms with Crippen molar-refractivity contribution in [2.75, 3.05) is 35.0 Å². The van der Waals surface area contributed by atoms with Crippen LogP contribution >= 0.6 is 0 Å². The summed E-state index contributed by atoms with van der Waals surface area (Å²) in [5.74, 6) is 0.311. The third kappa shape index (κ3) is 5.15. The minimum atomic E-state index is -3.72. The molecule has 2 aliphatic heterocycles. The van der Waals surface area contributed by atoms with Gasteiger partial charge in [0.2, 0.25) is 27.8 Å². The molecule has 0 aliphatic carbocycles. The maximum atomic E-state index is 12.3. The molecule has 1 N–H and O–H groups in total. The highest BCUT2D eigenvalue weighted by atomic mass is 32.2. The van der Waals surface area contributed by atoms with Crippen LogP contribution in [0.3, 0.4) is 0 Å². The molecule has 2 saturated heterocycles. The highest BCUT2D eigenvalue weighted by molar-refractivity contribution is 7.92. The van der Waals surface area contributed by atoms with Gasteiger partial charge in [0.05, 0.1) is 23.8 Å². The molecule has 1 aromatic rings. The van der Waals surface area contributed by atoms with Crippen LogP contribution in [0.15, 0.2) is 12.4 Å². The summed E-state index contributed by atoms with van der Waals surface area (Å²) < 4.78 is 26.9. The van der Waals surface area contributed by atoms with Gasteiger partial charge in [0.15, 0.2) is 0 Å². The van der Waals surface area contributed by atoms with E-state index in [2.05, 4.69) is 26.5 Å². The Bertz CT molecular complexity index is 772. The van der Waals surface area contributed by atoms with Gasteiger partial charge in [-0.25, -0.2) is 18.4 Å². The average Bonchev–Trinajstić information content (AvgIpc) is 2.62. The number of amides is 2. The topological polar surface area (TPSA) is 113 Å². The lowest BCUT2D eigenvalue weighted by molar-refractivity contribution is -0.147. The lowest BCUT2D eigenvalue weighted by atomic mass is 10.00. The molecule has 1 aromatic heterocycles. The number of nitrogens with one attached hydrogen (secondary N) is 1. The van der Waals surface area contributed by atoms with Gasteiger partial charge in [-0.05, 0) is 25.2 Å². The second kappa shape index (κ2) is 8.20. The van der Waals surface area contributed by atoms with Crippen molar-refractivity contribution in [3.05, 3.63) is 12.4 Å². The van der Waals surface area contributed by atoms with Gasteiger partial charge in [0.1, 0.15) is 0 Å². The van der Waals surface area contributed by atoms with Crippen molar-refractivity contribution in [2.45, 2.75) is 39.0 Å². The van der Waals surface area contributed by atoms with Gasteiger partial charge in [-0.15, -0.1) is 0 Å². The Morgan fingerprint density at radius 1 is 1.11 bits per heavy atom. The molecule has 2 amide bonds. The second-order valence-electron chi connectivity index (χ2n) is 7.15. The largest absolute Gasteiger partial charge is 0.341 e. The third-order valence-corrected chi connectivity index (χ3v) is 6.21. The summed E-state index contributed by atoms with van der Waals surface area (Å²) >= 11 is 0. The zero-order valence-electron chi connectivity index (χ0n) is 15.4. The van der Waals surface area contributed by atoms with E-state index in [0.717, 1.165) is 30.8 Å². The zero-order valence-corrected chi connectivity index (χ0v) is 16.2. The fraction of sp³-hybridized carbons (Fsp3) is 0.647. The van der Waals surface area contributed by atoms with E-state index in [1.807, 2.05) is 0 Å². The normalized spacial score (nSPS) is 19.4. The van der Waals surface area contributed by atoms with Crippen molar-refractivity contribution >= 4 is 33.5 Å². The van der Waals surface area contributed by atoms with E-state index in [1.54, 1.807) is 0 Å². The quantitative estimate of drug-likeness (QED) is 0.715. The van der Waals surface area contributed by atoms with Crippen molar-refractivity contribution < 1.29 is 18.0 Å². The number of sulfonamides is 1. The van der Waals surface area contributed by atoms with Crippen LogP contribution in [-0.4, -0.2) is 60.5 Å². The van der Waals surface area contributed by atoms with Crippen LogP contribution < -0.4 is 9.62 Å². The number of rotatable bonds is 6. The first-order valence-electron chi connectivity index (χ1n) is 9.25. The molecular formula is C17H25N5O4S. The predicted molar refractivity (Wildman–Crippen MR) is 101 cm³/mol. The first-order valence-corrected chi connectivity index (χ1v) is 10.9. The molecular weight excluding hydrogens is 370 g/mol. The van der Waals surface area contributed by atoms with E-state index >= 15 is 0 Å². The molecule has 0 atom stereocenters. The van der Waals surface area contributed by atoms with E-state index in [0.29, 0.717) is 18.3 Å². The van der Waals surface area contributed by atoms with Gasteiger partial charge in [-0.2, -0.15) is 0 Å². The van der Waals surface area contributed by atoms with Gasteiger partial charge in [-0.1, -0.05) is 6.92 Å². The van der Waals surface area contributed by atoms with Crippen LogP contribution in [0, 0.1) is 5.92 Å². The summed E-state index contributed by atoms with van der Waals surface area (Å²) in [7, 11) is -3.72. The average molecular weight is 395 g/mol. The number of anilines is 2. The monoisotopic (exact) mass is 395 g/mol. The van der Waals surface area contributed by atoms with Crippen LogP contribution in [0.4, 0.5) is 11.6 Å². The molecule has 9 nitrogen and oxygen atoms in total. The molecule has 148 valence electrons. The third-order valence-electron chi connectivity index (χ3n) is 4.95. The van der Waals surface area contributed by atoms with Crippen LogP contribution in [0.2, 0.25) is 0 Å². The van der Waals surface area contributed by atoms with E-state index < -0.39 is 10.0 Å². The molecule has 0 unspecified atom stereocenters. The zero-order chi connectivity index (χ0) is 19.4. The highest BCUT2D eigenvalue weighted by Crippen LogP contribution is 2.20. The summed E-state index contributed by atoms with van der Waals surface area (Å²) in [6.45, 7) is 3.87. The summed E-state index contributed by atoms with van der Waals surface area (Å²) in [6, 6.07) is 0. The Kier molecular flexibility index (Phi) is 5.93. The summed E-state index contributed by atoms with van der Waals surface area (Å²) in [4.78, 5) is 35.1. The Labute approximate surface area is 159 Å². The number of piperidine rings is 2. The molecule has 0 aromatic carbocycles. The predicted octanol–water partition coefficient (Wildman–Crippen LogP) is 0.994. The van der Waals surface area contributed by atoms with E-state index in [-0.39, 0.29) is 42.6 Å². The molecule has 0 spiro atoms. The van der Waals surface area contributed by atoms with Crippen molar-refractivity contribution in [2.24, 2.45) is 5.92 Å². The smallest absolute Gasteiger partial charge is 0.234 e. The SMILES string of the molecule is CC1CCN(c2ncc(NS(=O)(=O)CCN3C(=O)CCCC3=O)cn2)CC1. The van der Waals surface area contributed by atoms with Gasteiger partial charge in [0, 0.05) is 32.5 Å². The lowest BCUT2D eigenvalue weighted by Crippen LogP contribution is -2.43. The molecule has 0 bridgehead atoms. The van der Waals surface area contributed by atoms with Crippen LogP contribution in [0.1, 0.15) is 39.0 Å². The van der Waals surface area contributed by atoms with Crippen LogP contribution in [0.5, 0.6) is 0 Å². The minimum Gasteiger partial charge on any atom is -0.341 e. The molecule has 2 aliphatic rings. The Hall–Kier alpha value is -2.23. The Balaban J connectivity index is 1.55. The van der Waals surface area contributed by atoms with Crippen LogP contribution in [0.25, 0.3) is 0 Å². The van der Waals surface area contributed by atoms with Gasteiger partial charge < -0.3 is 4.90 Å². The number of hydrogen-bond acceptors (Lipinski definition) is 7. The van der Waals surface area contributed by atoms with Gasteiger partial charge in [-0.3, -0.25) is 19.2 Å². The second-order valence-corrected chi connectivity index (χ2v) is 9.00. The molecule has 27 heavy (non-hydrogen) atoms. The van der Waals surface area contributed by atoms with Crippen molar-refractivity contribution in [1.29, 1.82) is 0 Å². The van der Waals surface area contributed by atoms with Crippen molar-refractivity contribution in [3.63, 3.8) is 0 Å². The van der Waals surface area contributed by atoms with E-state index in [9.17, 15) is 18.0 Å². The fourth-order valence-electron chi connectivity index (χ4n) is 3.24. The maximum Gasteiger partial charge on any atom is 0.234 e. The van der Waals surface area contributed by atoms with Crippen molar-refractivity contribution in [3.8, 4) is 0 Å². The fourth-order valence-corrected chi connectivity index (χ4v) is 4.23. The molecule has 0 saturated carbocycles. The first-order chi connectivity index (χ1) is 12.8. The minimum absolute atomic E-state index is 0.141. The number of aromatic nitrogens is 2. The number of imide groups is 1.